The molecule has 76 valence electrons. The lowest BCUT2D eigenvalue weighted by Crippen LogP contribution is -2.26. The highest BCUT2D eigenvalue weighted by atomic mass is 32.1. The van der Waals surface area contributed by atoms with E-state index in [1.165, 1.54) is 19.3 Å². The molecule has 0 spiro atoms. The van der Waals surface area contributed by atoms with E-state index < -0.39 is 0 Å². The Morgan fingerprint density at radius 3 is 2.64 bits per heavy atom. The number of nitrogens with zero attached hydrogens (tertiary/aromatic N) is 1. The lowest BCUT2D eigenvalue weighted by Gasteiger charge is -2.21. The normalized spacial score (nSPS) is 35.3. The molecule has 14 heavy (non-hydrogen) atoms. The van der Waals surface area contributed by atoms with E-state index in [4.69, 9.17) is 12.2 Å². The molecule has 3 atom stereocenters. The molecule has 4 nitrogen and oxygen atoms in total. The van der Waals surface area contributed by atoms with Gasteiger partial charge in [0.1, 0.15) is 0 Å². The van der Waals surface area contributed by atoms with Gasteiger partial charge in [-0.1, -0.05) is 6.42 Å². The van der Waals surface area contributed by atoms with E-state index >= 15 is 0 Å². The third kappa shape index (κ3) is 1.05. The van der Waals surface area contributed by atoms with Gasteiger partial charge in [-0.3, -0.25) is 9.67 Å². The smallest absolute Gasteiger partial charge is 0.272 e. The van der Waals surface area contributed by atoms with Gasteiger partial charge in [0, 0.05) is 6.04 Å². The van der Waals surface area contributed by atoms with Gasteiger partial charge in [0.25, 0.3) is 0 Å². The van der Waals surface area contributed by atoms with E-state index in [-0.39, 0.29) is 5.69 Å². The van der Waals surface area contributed by atoms with Gasteiger partial charge in [-0.2, -0.15) is 0 Å². The van der Waals surface area contributed by atoms with Crippen LogP contribution in [0.2, 0.25) is 0 Å². The Kier molecular flexibility index (Phi) is 1.71. The maximum atomic E-state index is 11.5. The molecule has 1 heterocycles. The second kappa shape index (κ2) is 2.82. The van der Waals surface area contributed by atoms with Crippen LogP contribution in [-0.2, 0) is 0 Å². The van der Waals surface area contributed by atoms with Crippen molar-refractivity contribution in [2.75, 3.05) is 0 Å². The number of aromatic amines is 2. The first-order valence-electron chi connectivity index (χ1n) is 5.15. The second-order valence-corrected chi connectivity index (χ2v) is 4.86. The Morgan fingerprint density at radius 2 is 2.14 bits per heavy atom. The van der Waals surface area contributed by atoms with Crippen LogP contribution in [0, 0.1) is 16.6 Å². The minimum atomic E-state index is -0.0763. The summed E-state index contributed by atoms with van der Waals surface area (Å²) in [6.45, 7) is 0. The zero-order valence-corrected chi connectivity index (χ0v) is 8.64. The fourth-order valence-electron chi connectivity index (χ4n) is 3.15. The molecule has 2 fully saturated rings. The van der Waals surface area contributed by atoms with E-state index in [1.807, 2.05) is 0 Å². The van der Waals surface area contributed by atoms with E-state index in [9.17, 15) is 4.79 Å². The van der Waals surface area contributed by atoms with Crippen molar-refractivity contribution in [2.24, 2.45) is 11.8 Å². The van der Waals surface area contributed by atoms with Crippen LogP contribution in [0.25, 0.3) is 0 Å². The monoisotopic (exact) mass is 211 g/mol. The SMILES string of the molecule is O=c1[nH][nH]c(=S)n1C1CC2CCC1C2. The summed E-state index contributed by atoms with van der Waals surface area (Å²) in [4.78, 5) is 11.5. The molecule has 0 aliphatic heterocycles. The molecule has 1 aromatic rings. The van der Waals surface area contributed by atoms with Crippen molar-refractivity contribution in [1.29, 1.82) is 0 Å². The van der Waals surface area contributed by atoms with Gasteiger partial charge in [-0.25, -0.2) is 9.89 Å². The van der Waals surface area contributed by atoms with Crippen molar-refractivity contribution in [1.82, 2.24) is 14.8 Å². The predicted molar refractivity (Wildman–Crippen MR) is 54.7 cm³/mol. The Balaban J connectivity index is 2.04. The van der Waals surface area contributed by atoms with Crippen molar-refractivity contribution in [3.05, 3.63) is 15.3 Å². The first-order chi connectivity index (χ1) is 6.75. The van der Waals surface area contributed by atoms with Crippen LogP contribution in [0.4, 0.5) is 0 Å². The Hall–Kier alpha value is -0.840. The fraction of sp³-hybridized carbons (Fsp3) is 0.778. The van der Waals surface area contributed by atoms with Crippen LogP contribution >= 0.6 is 12.2 Å². The summed E-state index contributed by atoms with van der Waals surface area (Å²) in [6.07, 6.45) is 5.04. The van der Waals surface area contributed by atoms with Crippen LogP contribution in [0.15, 0.2) is 4.79 Å². The standard InChI is InChI=1S/C9H13N3OS/c13-8-10-11-9(14)12(8)7-4-5-1-2-6(7)3-5/h5-7H,1-4H2,(H,10,13)(H,11,14). The molecule has 3 rings (SSSR count). The topological polar surface area (TPSA) is 53.6 Å². The van der Waals surface area contributed by atoms with Crippen LogP contribution in [0.3, 0.4) is 0 Å². The first kappa shape index (κ1) is 8.47. The summed E-state index contributed by atoms with van der Waals surface area (Å²) in [5.74, 6) is 1.52. The maximum absolute atomic E-state index is 11.5. The molecule has 1 aromatic heterocycles. The minimum absolute atomic E-state index is 0.0763. The number of H-pyrrole nitrogens is 2. The third-order valence-corrected chi connectivity index (χ3v) is 4.05. The number of nitrogens with one attached hydrogen (secondary N) is 2. The molecule has 3 unspecified atom stereocenters. The van der Waals surface area contributed by atoms with Crippen molar-refractivity contribution >= 4 is 12.2 Å². The molecule has 2 saturated carbocycles. The summed E-state index contributed by atoms with van der Waals surface area (Å²) in [6, 6.07) is 0.358. The maximum Gasteiger partial charge on any atom is 0.342 e. The average molecular weight is 211 g/mol. The van der Waals surface area contributed by atoms with Crippen LogP contribution in [0.5, 0.6) is 0 Å². The van der Waals surface area contributed by atoms with Crippen molar-refractivity contribution in [3.8, 4) is 0 Å². The zero-order chi connectivity index (χ0) is 9.71. The number of hydrogen-bond donors (Lipinski definition) is 2. The Morgan fingerprint density at radius 1 is 1.29 bits per heavy atom. The number of hydrogen-bond acceptors (Lipinski definition) is 2. The van der Waals surface area contributed by atoms with Gasteiger partial charge in [-0.05, 0) is 43.3 Å². The molecular weight excluding hydrogens is 198 g/mol. The van der Waals surface area contributed by atoms with Gasteiger partial charge < -0.3 is 0 Å². The zero-order valence-electron chi connectivity index (χ0n) is 7.82. The molecule has 2 aliphatic carbocycles. The molecule has 5 heteroatoms. The van der Waals surface area contributed by atoms with Gasteiger partial charge in [0.2, 0.25) is 0 Å². The largest absolute Gasteiger partial charge is 0.342 e. The summed E-state index contributed by atoms with van der Waals surface area (Å²) in [5.41, 5.74) is -0.0763. The fourth-order valence-corrected chi connectivity index (χ4v) is 3.42. The lowest BCUT2D eigenvalue weighted by molar-refractivity contribution is 0.321. The van der Waals surface area contributed by atoms with Crippen LogP contribution < -0.4 is 5.69 Å². The van der Waals surface area contributed by atoms with Gasteiger partial charge >= 0.3 is 5.69 Å². The van der Waals surface area contributed by atoms with E-state index in [0.29, 0.717) is 16.7 Å². The molecule has 2 aliphatic rings. The highest BCUT2D eigenvalue weighted by molar-refractivity contribution is 7.71. The summed E-state index contributed by atoms with van der Waals surface area (Å²) in [7, 11) is 0. The number of fused-ring (bicyclic) bond motifs is 2. The molecular formula is C9H13N3OS. The second-order valence-electron chi connectivity index (χ2n) is 4.47. The quantitative estimate of drug-likeness (QED) is 0.693. The Bertz CT molecular complexity index is 430. The highest BCUT2D eigenvalue weighted by Crippen LogP contribution is 2.50. The molecule has 0 radical (unpaired) electrons. The van der Waals surface area contributed by atoms with Gasteiger partial charge in [0.15, 0.2) is 4.77 Å². The van der Waals surface area contributed by atoms with Crippen LogP contribution in [0.1, 0.15) is 31.7 Å². The predicted octanol–water partition coefficient (Wildman–Crippen LogP) is 1.60. The van der Waals surface area contributed by atoms with E-state index in [2.05, 4.69) is 10.2 Å². The third-order valence-electron chi connectivity index (χ3n) is 3.75. The summed E-state index contributed by atoms with van der Waals surface area (Å²) >= 11 is 5.10. The Labute approximate surface area is 86.3 Å². The van der Waals surface area contributed by atoms with Crippen LogP contribution in [-0.4, -0.2) is 14.8 Å². The molecule has 0 saturated heterocycles. The summed E-state index contributed by atoms with van der Waals surface area (Å²) in [5, 5.41) is 5.27. The molecule has 0 amide bonds. The van der Waals surface area contributed by atoms with Crippen molar-refractivity contribution in [3.63, 3.8) is 0 Å². The average Bonchev–Trinajstić information content (AvgIpc) is 2.81. The van der Waals surface area contributed by atoms with E-state index in [0.717, 1.165) is 12.3 Å². The van der Waals surface area contributed by atoms with Gasteiger partial charge in [-0.15, -0.1) is 0 Å². The van der Waals surface area contributed by atoms with Crippen molar-refractivity contribution in [2.45, 2.75) is 31.7 Å². The molecule has 0 aromatic carbocycles. The minimum Gasteiger partial charge on any atom is -0.272 e. The van der Waals surface area contributed by atoms with E-state index in [1.54, 1.807) is 4.57 Å². The number of rotatable bonds is 1. The molecule has 2 bridgehead atoms. The highest BCUT2D eigenvalue weighted by Gasteiger charge is 2.41. The first-order valence-corrected chi connectivity index (χ1v) is 5.55. The van der Waals surface area contributed by atoms with Crippen molar-refractivity contribution < 1.29 is 0 Å². The summed E-state index contributed by atoms with van der Waals surface area (Å²) < 4.78 is 2.28. The lowest BCUT2D eigenvalue weighted by atomic mass is 9.95. The van der Waals surface area contributed by atoms with Gasteiger partial charge in [0.05, 0.1) is 0 Å². The molecule has 2 N–H and O–H groups in total. The number of aromatic nitrogens is 3.